The number of likely N-dealkylation sites (tertiary alicyclic amines) is 1. The quantitative estimate of drug-likeness (QED) is 0.825. The number of amides is 1. The Morgan fingerprint density at radius 1 is 1.32 bits per heavy atom. The van der Waals surface area contributed by atoms with Crippen LogP contribution in [0.4, 0.5) is 0 Å². The lowest BCUT2D eigenvalue weighted by Crippen LogP contribution is -2.66. The number of aliphatic hydroxyl groups is 1. The molecule has 1 amide bonds. The van der Waals surface area contributed by atoms with Gasteiger partial charge in [0.2, 0.25) is 0 Å². The van der Waals surface area contributed by atoms with Crippen molar-refractivity contribution in [1.82, 2.24) is 4.90 Å². The molecule has 0 aromatic heterocycles. The van der Waals surface area contributed by atoms with Crippen LogP contribution >= 0.6 is 0 Å². The highest BCUT2D eigenvalue weighted by atomic mass is 16.5. The molecular formula is C15H25NO3. The van der Waals surface area contributed by atoms with Gasteiger partial charge >= 0.3 is 0 Å². The monoisotopic (exact) mass is 267 g/mol. The first kappa shape index (κ1) is 13.4. The molecule has 0 aromatic rings. The summed E-state index contributed by atoms with van der Waals surface area (Å²) in [5, 5.41) is 10.3. The number of carbonyl (C=O) groups is 1. The summed E-state index contributed by atoms with van der Waals surface area (Å²) in [6.07, 6.45) is 7.58. The van der Waals surface area contributed by atoms with E-state index in [-0.39, 0.29) is 18.1 Å². The van der Waals surface area contributed by atoms with Crippen molar-refractivity contribution in [2.45, 2.75) is 69.7 Å². The van der Waals surface area contributed by atoms with Crippen molar-refractivity contribution in [2.24, 2.45) is 5.92 Å². The average molecular weight is 267 g/mol. The second-order valence-electron chi connectivity index (χ2n) is 6.51. The van der Waals surface area contributed by atoms with Gasteiger partial charge in [-0.25, -0.2) is 0 Å². The van der Waals surface area contributed by atoms with Gasteiger partial charge in [0.15, 0.2) is 0 Å². The van der Waals surface area contributed by atoms with Gasteiger partial charge in [0.25, 0.3) is 5.91 Å². The van der Waals surface area contributed by atoms with Crippen LogP contribution in [0, 0.1) is 5.92 Å². The van der Waals surface area contributed by atoms with Gasteiger partial charge in [-0.1, -0.05) is 19.8 Å². The van der Waals surface area contributed by atoms with Gasteiger partial charge in [-0.3, -0.25) is 4.79 Å². The Morgan fingerprint density at radius 3 is 2.47 bits per heavy atom. The zero-order chi connectivity index (χ0) is 13.5. The minimum absolute atomic E-state index is 0.0831. The summed E-state index contributed by atoms with van der Waals surface area (Å²) < 4.78 is 5.95. The van der Waals surface area contributed by atoms with Gasteiger partial charge in [0, 0.05) is 0 Å². The van der Waals surface area contributed by atoms with Crippen molar-refractivity contribution in [3.05, 3.63) is 0 Å². The van der Waals surface area contributed by atoms with Crippen molar-refractivity contribution in [2.75, 3.05) is 13.1 Å². The Balaban J connectivity index is 1.50. The van der Waals surface area contributed by atoms with Crippen LogP contribution in [-0.4, -0.2) is 46.8 Å². The van der Waals surface area contributed by atoms with Crippen molar-refractivity contribution >= 4 is 5.91 Å². The molecule has 1 heterocycles. The van der Waals surface area contributed by atoms with E-state index >= 15 is 0 Å². The maximum atomic E-state index is 12.4. The van der Waals surface area contributed by atoms with Gasteiger partial charge in [-0.05, 0) is 38.0 Å². The van der Waals surface area contributed by atoms with E-state index in [0.717, 1.165) is 32.1 Å². The first-order chi connectivity index (χ1) is 9.12. The molecule has 1 aliphatic heterocycles. The summed E-state index contributed by atoms with van der Waals surface area (Å²) in [6, 6.07) is 0. The highest BCUT2D eigenvalue weighted by Crippen LogP contribution is 2.44. The molecule has 3 fully saturated rings. The lowest BCUT2D eigenvalue weighted by atomic mass is 9.88. The minimum atomic E-state index is -0.582. The molecule has 1 atom stereocenters. The maximum absolute atomic E-state index is 12.4. The fraction of sp³-hybridized carbons (Fsp3) is 0.933. The average Bonchev–Trinajstić information content (AvgIpc) is 3.10. The van der Waals surface area contributed by atoms with Crippen LogP contribution in [0.2, 0.25) is 0 Å². The Morgan fingerprint density at radius 2 is 1.95 bits per heavy atom. The first-order valence-electron chi connectivity index (χ1n) is 7.79. The second-order valence-corrected chi connectivity index (χ2v) is 6.51. The molecule has 0 spiro atoms. The molecule has 1 saturated heterocycles. The highest BCUT2D eigenvalue weighted by molar-refractivity contribution is 5.82. The molecular weight excluding hydrogens is 242 g/mol. The molecule has 2 saturated carbocycles. The van der Waals surface area contributed by atoms with Gasteiger partial charge in [-0.15, -0.1) is 0 Å². The standard InChI is InChI=1S/C15H25NO3/c1-2-13(19-12-5-3-4-6-12)14(17)16-9-15(18,10-16)11-7-8-11/h11-13,18H,2-10H2,1H3. The van der Waals surface area contributed by atoms with Gasteiger partial charge in [0.05, 0.1) is 19.2 Å². The van der Waals surface area contributed by atoms with Crippen LogP contribution in [0.15, 0.2) is 0 Å². The smallest absolute Gasteiger partial charge is 0.251 e. The molecule has 3 aliphatic rings. The zero-order valence-electron chi connectivity index (χ0n) is 11.8. The van der Waals surface area contributed by atoms with E-state index in [1.165, 1.54) is 12.8 Å². The minimum Gasteiger partial charge on any atom is -0.386 e. The highest BCUT2D eigenvalue weighted by Gasteiger charge is 2.53. The number of hydrogen-bond acceptors (Lipinski definition) is 3. The van der Waals surface area contributed by atoms with Crippen LogP contribution in [-0.2, 0) is 9.53 Å². The van der Waals surface area contributed by atoms with E-state index in [4.69, 9.17) is 4.74 Å². The summed E-state index contributed by atoms with van der Waals surface area (Å²) in [5.41, 5.74) is -0.582. The molecule has 1 N–H and O–H groups in total. The molecule has 0 aromatic carbocycles. The van der Waals surface area contributed by atoms with Gasteiger partial charge in [0.1, 0.15) is 11.7 Å². The topological polar surface area (TPSA) is 49.8 Å². The summed E-state index contributed by atoms with van der Waals surface area (Å²) in [7, 11) is 0. The Labute approximate surface area is 115 Å². The van der Waals surface area contributed by atoms with Gasteiger partial charge in [-0.2, -0.15) is 0 Å². The number of hydrogen-bond donors (Lipinski definition) is 1. The Kier molecular flexibility index (Phi) is 3.56. The largest absolute Gasteiger partial charge is 0.386 e. The molecule has 4 heteroatoms. The summed E-state index contributed by atoms with van der Waals surface area (Å²) in [6.45, 7) is 3.03. The number of nitrogens with zero attached hydrogens (tertiary/aromatic N) is 1. The van der Waals surface area contributed by atoms with Crippen molar-refractivity contribution in [1.29, 1.82) is 0 Å². The molecule has 0 radical (unpaired) electrons. The van der Waals surface area contributed by atoms with E-state index in [1.54, 1.807) is 4.90 Å². The zero-order valence-corrected chi connectivity index (χ0v) is 11.8. The fourth-order valence-electron chi connectivity index (χ4n) is 3.44. The molecule has 108 valence electrons. The number of rotatable bonds is 5. The molecule has 2 aliphatic carbocycles. The third kappa shape index (κ3) is 2.65. The van der Waals surface area contributed by atoms with E-state index in [2.05, 4.69) is 0 Å². The molecule has 4 nitrogen and oxygen atoms in total. The summed E-state index contributed by atoms with van der Waals surface area (Å²) in [4.78, 5) is 14.1. The third-order valence-electron chi connectivity index (χ3n) is 4.88. The van der Waals surface area contributed by atoms with Gasteiger partial charge < -0.3 is 14.7 Å². The van der Waals surface area contributed by atoms with Crippen molar-refractivity contribution in [3.8, 4) is 0 Å². The van der Waals surface area contributed by atoms with E-state index in [0.29, 0.717) is 19.0 Å². The number of ether oxygens (including phenoxy) is 1. The summed E-state index contributed by atoms with van der Waals surface area (Å²) >= 11 is 0. The van der Waals surface area contributed by atoms with Crippen molar-refractivity contribution < 1.29 is 14.6 Å². The molecule has 1 unspecified atom stereocenters. The maximum Gasteiger partial charge on any atom is 0.251 e. The Hall–Kier alpha value is -0.610. The SMILES string of the molecule is CCC(OC1CCCC1)C(=O)N1CC(O)(C2CC2)C1. The van der Waals surface area contributed by atoms with Crippen LogP contribution in [0.3, 0.4) is 0 Å². The van der Waals surface area contributed by atoms with Crippen LogP contribution in [0.1, 0.15) is 51.9 Å². The van der Waals surface area contributed by atoms with E-state index in [1.807, 2.05) is 6.92 Å². The third-order valence-corrected chi connectivity index (χ3v) is 4.88. The molecule has 3 rings (SSSR count). The second kappa shape index (κ2) is 5.06. The fourth-order valence-corrected chi connectivity index (χ4v) is 3.44. The number of β-amino-alcohol motifs (C(OH)–C–C–N with tert-alkyl or cyclic N) is 1. The first-order valence-corrected chi connectivity index (χ1v) is 7.79. The number of carbonyl (C=O) groups excluding carboxylic acids is 1. The van der Waals surface area contributed by atoms with E-state index < -0.39 is 5.60 Å². The Bertz CT molecular complexity index is 341. The predicted octanol–water partition coefficient (Wildman–Crippen LogP) is 1.71. The van der Waals surface area contributed by atoms with E-state index in [9.17, 15) is 9.90 Å². The van der Waals surface area contributed by atoms with Crippen LogP contribution in [0.5, 0.6) is 0 Å². The van der Waals surface area contributed by atoms with Crippen LogP contribution < -0.4 is 0 Å². The molecule has 0 bridgehead atoms. The lowest BCUT2D eigenvalue weighted by Gasteiger charge is -2.48. The predicted molar refractivity (Wildman–Crippen MR) is 71.7 cm³/mol. The lowest BCUT2D eigenvalue weighted by molar-refractivity contribution is -0.173. The van der Waals surface area contributed by atoms with Crippen LogP contribution in [0.25, 0.3) is 0 Å². The molecule has 19 heavy (non-hydrogen) atoms. The van der Waals surface area contributed by atoms with Crippen molar-refractivity contribution in [3.63, 3.8) is 0 Å². The summed E-state index contributed by atoms with van der Waals surface area (Å²) in [5.74, 6) is 0.520. The normalized spacial score (nSPS) is 28.2.